The molecule has 5 nitrogen and oxygen atoms in total. The largest absolute Gasteiger partial charge is 0.341 e. The number of nitrogens with one attached hydrogen (secondary N) is 2. The van der Waals surface area contributed by atoms with Crippen molar-refractivity contribution in [2.75, 3.05) is 32.7 Å². The van der Waals surface area contributed by atoms with E-state index in [2.05, 4.69) is 80.9 Å². The second-order valence-electron chi connectivity index (χ2n) is 9.66. The Hall–Kier alpha value is -1.70. The van der Waals surface area contributed by atoms with Crippen molar-refractivity contribution in [2.24, 2.45) is 0 Å². The van der Waals surface area contributed by atoms with Crippen molar-refractivity contribution in [3.63, 3.8) is 0 Å². The van der Waals surface area contributed by atoms with E-state index in [4.69, 9.17) is 0 Å². The molecule has 0 aliphatic carbocycles. The number of para-hydroxylation sites is 1. The number of hydrogen-bond acceptors (Lipinski definition) is 4. The Balaban J connectivity index is 0.00000171. The third-order valence-corrected chi connectivity index (χ3v) is 8.42. The molecule has 35 heavy (non-hydrogen) atoms. The van der Waals surface area contributed by atoms with Gasteiger partial charge in [0.15, 0.2) is 0 Å². The van der Waals surface area contributed by atoms with Gasteiger partial charge in [0.05, 0.1) is 16.2 Å². The molecule has 2 aliphatic rings. The van der Waals surface area contributed by atoms with E-state index in [1.807, 2.05) is 13.8 Å². The molecular formula is C27H36Cl2N4OS. The predicted molar refractivity (Wildman–Crippen MR) is 153 cm³/mol. The summed E-state index contributed by atoms with van der Waals surface area (Å²) in [5, 5.41) is 8.10. The van der Waals surface area contributed by atoms with Gasteiger partial charge in [-0.2, -0.15) is 0 Å². The molecule has 2 unspecified atom stereocenters. The minimum atomic E-state index is -0.396. The van der Waals surface area contributed by atoms with Crippen molar-refractivity contribution < 1.29 is 4.79 Å². The molecule has 0 spiro atoms. The van der Waals surface area contributed by atoms with Crippen LogP contribution in [0.5, 0.6) is 0 Å². The highest BCUT2D eigenvalue weighted by molar-refractivity contribution is 8.02. The molecule has 0 bridgehead atoms. The number of benzene rings is 2. The highest BCUT2D eigenvalue weighted by Crippen LogP contribution is 2.43. The van der Waals surface area contributed by atoms with Crippen LogP contribution in [-0.2, 0) is 4.79 Å². The fourth-order valence-electron chi connectivity index (χ4n) is 5.10. The summed E-state index contributed by atoms with van der Waals surface area (Å²) in [6.07, 6.45) is 4.46. The molecule has 2 N–H and O–H groups in total. The van der Waals surface area contributed by atoms with Gasteiger partial charge in [0.25, 0.3) is 0 Å². The monoisotopic (exact) mass is 534 g/mol. The molecule has 0 saturated carbocycles. The van der Waals surface area contributed by atoms with Gasteiger partial charge < -0.3 is 20.1 Å². The summed E-state index contributed by atoms with van der Waals surface area (Å²) in [5.41, 5.74) is 3.73. The van der Waals surface area contributed by atoms with E-state index in [9.17, 15) is 4.79 Å². The predicted octanol–water partition coefficient (Wildman–Crippen LogP) is 5.35. The summed E-state index contributed by atoms with van der Waals surface area (Å²) in [5.74, 6) is 0.143. The number of aromatic nitrogens is 1. The van der Waals surface area contributed by atoms with Crippen LogP contribution in [0, 0.1) is 0 Å². The molecule has 2 fully saturated rings. The van der Waals surface area contributed by atoms with Crippen LogP contribution in [0.15, 0.2) is 60.8 Å². The molecule has 2 aliphatic heterocycles. The molecule has 2 atom stereocenters. The normalized spacial score (nSPS) is 20.6. The number of hydrogen-bond donors (Lipinski definition) is 2. The summed E-state index contributed by atoms with van der Waals surface area (Å²) < 4.78 is 2.04. The number of carbonyl (C=O) groups is 1. The van der Waals surface area contributed by atoms with Gasteiger partial charge in [0, 0.05) is 48.8 Å². The Bertz CT molecular complexity index is 1110. The highest BCUT2D eigenvalue weighted by Gasteiger charge is 2.43. The van der Waals surface area contributed by atoms with Gasteiger partial charge in [-0.1, -0.05) is 48.5 Å². The number of halogens is 2. The molecule has 3 heterocycles. The number of carbonyl (C=O) groups excluding carboxylic acids is 1. The molecule has 1 amide bonds. The maximum Gasteiger partial charge on any atom is 0.236 e. The lowest BCUT2D eigenvalue weighted by molar-refractivity contribution is -0.122. The van der Waals surface area contributed by atoms with Crippen molar-refractivity contribution in [3.8, 4) is 11.1 Å². The Morgan fingerprint density at radius 1 is 1.03 bits per heavy atom. The summed E-state index contributed by atoms with van der Waals surface area (Å²) >= 11 is 1.77. The van der Waals surface area contributed by atoms with Crippen LogP contribution in [0.25, 0.3) is 22.0 Å². The van der Waals surface area contributed by atoms with Gasteiger partial charge in [0.2, 0.25) is 5.91 Å². The zero-order valence-corrected chi connectivity index (χ0v) is 22.9. The Morgan fingerprint density at radius 3 is 2.40 bits per heavy atom. The van der Waals surface area contributed by atoms with E-state index in [1.165, 1.54) is 22.0 Å². The quantitative estimate of drug-likeness (QED) is 0.429. The first kappa shape index (κ1) is 27.9. The van der Waals surface area contributed by atoms with E-state index < -0.39 is 4.75 Å². The first-order valence-electron chi connectivity index (χ1n) is 12.1. The molecule has 1 aromatic heterocycles. The number of amides is 1. The average molecular weight is 536 g/mol. The van der Waals surface area contributed by atoms with Crippen LogP contribution < -0.4 is 10.6 Å². The molecule has 5 rings (SSSR count). The molecule has 3 aromatic rings. The molecule has 190 valence electrons. The molecule has 0 radical (unpaired) electrons. The van der Waals surface area contributed by atoms with Gasteiger partial charge >= 0.3 is 0 Å². The van der Waals surface area contributed by atoms with Gasteiger partial charge in [-0.25, -0.2) is 0 Å². The number of fused-ring (bicyclic) bond motifs is 1. The number of rotatable bonds is 7. The first-order chi connectivity index (χ1) is 16.0. The van der Waals surface area contributed by atoms with E-state index in [0.717, 1.165) is 45.6 Å². The van der Waals surface area contributed by atoms with Gasteiger partial charge in [-0.3, -0.25) is 4.79 Å². The van der Waals surface area contributed by atoms with E-state index in [0.29, 0.717) is 0 Å². The maximum atomic E-state index is 12.7. The minimum absolute atomic E-state index is 0. The average Bonchev–Trinajstić information content (AvgIpc) is 3.34. The van der Waals surface area contributed by atoms with Crippen molar-refractivity contribution in [1.29, 1.82) is 0 Å². The topological polar surface area (TPSA) is 49.3 Å². The zero-order chi connectivity index (χ0) is 22.8. The summed E-state index contributed by atoms with van der Waals surface area (Å²) in [6.45, 7) is 9.58. The summed E-state index contributed by atoms with van der Waals surface area (Å²) in [6, 6.07) is 19.5. The lowest BCUT2D eigenvalue weighted by Gasteiger charge is -2.30. The third kappa shape index (κ3) is 6.00. The van der Waals surface area contributed by atoms with Gasteiger partial charge in [-0.15, -0.1) is 36.6 Å². The minimum Gasteiger partial charge on any atom is -0.341 e. The van der Waals surface area contributed by atoms with Crippen LogP contribution in [0.2, 0.25) is 0 Å². The van der Waals surface area contributed by atoms with E-state index in [-0.39, 0.29) is 42.1 Å². The standard InChI is InChI=1S/C27H34N4OS.2ClH/c1-27(2)26(32)29-25(33-27)24(13-8-16-30-17-14-28-15-18-30)31-19-22(20-9-4-3-5-10-20)21-11-6-7-12-23(21)31;;/h3-7,9-12,19,24-25,28H,8,13-18H2,1-2H3,(H,29,32);2*1H. The fraction of sp³-hybridized carbons (Fsp3) is 0.444. The van der Waals surface area contributed by atoms with Crippen LogP contribution in [0.4, 0.5) is 0 Å². The fourth-order valence-corrected chi connectivity index (χ4v) is 6.49. The molecular weight excluding hydrogens is 499 g/mol. The van der Waals surface area contributed by atoms with Crippen LogP contribution in [-0.4, -0.2) is 58.2 Å². The number of piperazine rings is 1. The second kappa shape index (κ2) is 12.0. The highest BCUT2D eigenvalue weighted by atomic mass is 35.5. The smallest absolute Gasteiger partial charge is 0.236 e. The summed E-state index contributed by atoms with van der Waals surface area (Å²) in [4.78, 5) is 15.3. The van der Waals surface area contributed by atoms with Crippen LogP contribution in [0.3, 0.4) is 0 Å². The van der Waals surface area contributed by atoms with Crippen LogP contribution >= 0.6 is 36.6 Å². The molecule has 2 saturated heterocycles. The van der Waals surface area contributed by atoms with Crippen molar-refractivity contribution in [2.45, 2.75) is 42.9 Å². The zero-order valence-electron chi connectivity index (χ0n) is 20.4. The Morgan fingerprint density at radius 2 is 1.71 bits per heavy atom. The number of thioether (sulfide) groups is 1. The van der Waals surface area contributed by atoms with E-state index in [1.54, 1.807) is 11.8 Å². The van der Waals surface area contributed by atoms with Gasteiger partial charge in [-0.05, 0) is 44.9 Å². The number of nitrogens with zero attached hydrogens (tertiary/aromatic N) is 2. The van der Waals surface area contributed by atoms with Crippen molar-refractivity contribution >= 4 is 53.4 Å². The Kier molecular flexibility index (Phi) is 9.58. The summed E-state index contributed by atoms with van der Waals surface area (Å²) in [7, 11) is 0. The first-order valence-corrected chi connectivity index (χ1v) is 13.0. The maximum absolute atomic E-state index is 12.7. The molecule has 8 heteroatoms. The van der Waals surface area contributed by atoms with Crippen LogP contribution in [0.1, 0.15) is 32.7 Å². The Labute approximate surface area is 225 Å². The van der Waals surface area contributed by atoms with Crippen molar-refractivity contribution in [3.05, 3.63) is 60.8 Å². The second-order valence-corrected chi connectivity index (χ2v) is 11.4. The van der Waals surface area contributed by atoms with Crippen molar-refractivity contribution in [1.82, 2.24) is 20.1 Å². The lowest BCUT2D eigenvalue weighted by atomic mass is 10.1. The lowest BCUT2D eigenvalue weighted by Crippen LogP contribution is -2.44. The van der Waals surface area contributed by atoms with Gasteiger partial charge in [0.1, 0.15) is 0 Å². The van der Waals surface area contributed by atoms with E-state index >= 15 is 0 Å². The molecule has 2 aromatic carbocycles. The third-order valence-electron chi connectivity index (χ3n) is 6.96. The SMILES string of the molecule is CC1(C)SC(C(CCCN2CCNCC2)n2cc(-c3ccccc3)c3ccccc32)NC1=O.Cl.Cl.